The third kappa shape index (κ3) is 4.42. The summed E-state index contributed by atoms with van der Waals surface area (Å²) in [5.41, 5.74) is 7.54. The molecular formula is C17H19N3O3. The first-order chi connectivity index (χ1) is 11.2. The molecule has 2 rings (SSSR count). The first-order valence-corrected chi connectivity index (χ1v) is 7.26. The van der Waals surface area contributed by atoms with Crippen molar-refractivity contribution in [2.75, 3.05) is 19.9 Å². The molecule has 2 aromatic rings. The number of nitrogens with one attached hydrogen (secondary N) is 2. The molecule has 1 aromatic heterocycles. The van der Waals surface area contributed by atoms with Gasteiger partial charge in [0, 0.05) is 5.39 Å². The second kappa shape index (κ2) is 8.13. The fraction of sp³-hybridized carbons (Fsp3) is 0.294. The quantitative estimate of drug-likeness (QED) is 0.267. The van der Waals surface area contributed by atoms with Crippen molar-refractivity contribution in [1.82, 2.24) is 15.8 Å². The number of aryl methyl sites for hydroxylation is 1. The van der Waals surface area contributed by atoms with E-state index in [4.69, 9.17) is 15.9 Å². The molecule has 0 radical (unpaired) electrons. The Morgan fingerprint density at radius 1 is 1.35 bits per heavy atom. The first-order valence-electron chi connectivity index (χ1n) is 7.26. The summed E-state index contributed by atoms with van der Waals surface area (Å²) in [6, 6.07) is 7.27. The van der Waals surface area contributed by atoms with Crippen LogP contribution in [0.1, 0.15) is 23.0 Å². The predicted molar refractivity (Wildman–Crippen MR) is 87.9 cm³/mol. The van der Waals surface area contributed by atoms with Crippen LogP contribution >= 0.6 is 0 Å². The van der Waals surface area contributed by atoms with Gasteiger partial charge in [0.1, 0.15) is 5.75 Å². The van der Waals surface area contributed by atoms with Gasteiger partial charge in [0.05, 0.1) is 29.9 Å². The average Bonchev–Trinajstić information content (AvgIpc) is 2.54. The van der Waals surface area contributed by atoms with E-state index in [1.807, 2.05) is 18.2 Å². The number of esters is 1. The lowest BCUT2D eigenvalue weighted by Gasteiger charge is -2.10. The molecule has 23 heavy (non-hydrogen) atoms. The van der Waals surface area contributed by atoms with Crippen LogP contribution in [0.4, 0.5) is 0 Å². The van der Waals surface area contributed by atoms with Crippen LogP contribution in [0, 0.1) is 19.3 Å². The minimum Gasteiger partial charge on any atom is -0.477 e. The number of carbonyl (C=O) groups is 1. The molecule has 2 N–H and O–H groups in total. The predicted octanol–water partition coefficient (Wildman–Crippen LogP) is 1.78. The molecule has 0 aliphatic carbocycles. The molecule has 0 aliphatic heterocycles. The summed E-state index contributed by atoms with van der Waals surface area (Å²) in [7, 11) is 0. The number of pyridine rings is 1. The Kier molecular flexibility index (Phi) is 5.92. The number of hydrogen-bond acceptors (Lipinski definition) is 6. The van der Waals surface area contributed by atoms with Crippen molar-refractivity contribution >= 4 is 16.9 Å². The summed E-state index contributed by atoms with van der Waals surface area (Å²) in [5, 5.41) is 0.813. The largest absolute Gasteiger partial charge is 0.477 e. The Bertz CT molecular complexity index is 738. The molecule has 0 saturated heterocycles. The number of fused-ring (bicyclic) bond motifs is 1. The Morgan fingerprint density at radius 2 is 2.17 bits per heavy atom. The lowest BCUT2D eigenvalue weighted by molar-refractivity contribution is 0.0525. The van der Waals surface area contributed by atoms with Crippen LogP contribution in [0.3, 0.4) is 0 Å². The number of carbonyl (C=O) groups excluding carboxylic acids is 1. The van der Waals surface area contributed by atoms with Crippen LogP contribution < -0.4 is 15.6 Å². The third-order valence-electron chi connectivity index (χ3n) is 3.10. The second-order valence-corrected chi connectivity index (χ2v) is 4.72. The van der Waals surface area contributed by atoms with E-state index in [9.17, 15) is 4.79 Å². The molecule has 0 amide bonds. The summed E-state index contributed by atoms with van der Waals surface area (Å²) in [5.74, 6) is 2.73. The smallest absolute Gasteiger partial charge is 0.339 e. The normalized spacial score (nSPS) is 10.3. The molecule has 0 atom stereocenters. The number of hydrazine groups is 1. The number of terminal acetylenes is 1. The Balaban J connectivity index is 2.16. The van der Waals surface area contributed by atoms with Crippen LogP contribution in [0.5, 0.6) is 5.75 Å². The zero-order chi connectivity index (χ0) is 16.7. The van der Waals surface area contributed by atoms with Gasteiger partial charge >= 0.3 is 5.97 Å². The van der Waals surface area contributed by atoms with E-state index in [1.54, 1.807) is 19.9 Å². The van der Waals surface area contributed by atoms with Crippen LogP contribution in [0.25, 0.3) is 10.9 Å². The van der Waals surface area contributed by atoms with Gasteiger partial charge in [-0.2, -0.15) is 0 Å². The standard InChI is InChI=1S/C17H19N3O3/c1-4-8-18-19-11-23-14-6-7-16-13(9-14)10-15(12(3)20-16)17(21)22-5-2/h1,6-7,9-10,18-19H,5,8,11H2,2-3H3. The molecule has 1 aromatic carbocycles. The van der Waals surface area contributed by atoms with Gasteiger partial charge in [-0.1, -0.05) is 5.92 Å². The number of hydrogen-bond donors (Lipinski definition) is 2. The summed E-state index contributed by atoms with van der Waals surface area (Å²) in [6.07, 6.45) is 5.12. The Morgan fingerprint density at radius 3 is 2.91 bits per heavy atom. The van der Waals surface area contributed by atoms with E-state index in [0.717, 1.165) is 10.9 Å². The van der Waals surface area contributed by atoms with Crippen LogP contribution in [0.2, 0.25) is 0 Å². The number of ether oxygens (including phenoxy) is 2. The zero-order valence-electron chi connectivity index (χ0n) is 13.2. The molecule has 120 valence electrons. The zero-order valence-corrected chi connectivity index (χ0v) is 13.2. The van der Waals surface area contributed by atoms with Gasteiger partial charge < -0.3 is 9.47 Å². The minimum absolute atomic E-state index is 0.261. The summed E-state index contributed by atoms with van der Waals surface area (Å²) in [6.45, 7) is 4.56. The molecular weight excluding hydrogens is 294 g/mol. The fourth-order valence-electron chi connectivity index (χ4n) is 2.04. The van der Waals surface area contributed by atoms with Crippen molar-refractivity contribution < 1.29 is 14.3 Å². The van der Waals surface area contributed by atoms with Gasteiger partial charge in [-0.25, -0.2) is 15.6 Å². The maximum Gasteiger partial charge on any atom is 0.339 e. The van der Waals surface area contributed by atoms with Crippen molar-refractivity contribution in [3.05, 3.63) is 35.5 Å². The minimum atomic E-state index is -0.370. The number of rotatable bonds is 7. The second-order valence-electron chi connectivity index (χ2n) is 4.72. The fourth-order valence-corrected chi connectivity index (χ4v) is 2.04. The summed E-state index contributed by atoms with van der Waals surface area (Å²) >= 11 is 0. The topological polar surface area (TPSA) is 72.5 Å². The van der Waals surface area contributed by atoms with Crippen molar-refractivity contribution in [3.8, 4) is 18.1 Å². The van der Waals surface area contributed by atoms with Crippen molar-refractivity contribution in [3.63, 3.8) is 0 Å². The maximum atomic E-state index is 11.9. The number of aromatic nitrogens is 1. The molecule has 0 bridgehead atoms. The van der Waals surface area contributed by atoms with Crippen molar-refractivity contribution in [2.24, 2.45) is 0 Å². The highest BCUT2D eigenvalue weighted by Crippen LogP contribution is 2.22. The summed E-state index contributed by atoms with van der Waals surface area (Å²) < 4.78 is 10.6. The lowest BCUT2D eigenvalue weighted by Crippen LogP contribution is -2.35. The maximum absolute atomic E-state index is 11.9. The monoisotopic (exact) mass is 313 g/mol. The lowest BCUT2D eigenvalue weighted by atomic mass is 10.1. The van der Waals surface area contributed by atoms with Crippen LogP contribution in [-0.2, 0) is 4.74 Å². The molecule has 1 heterocycles. The molecule has 6 heteroatoms. The van der Waals surface area contributed by atoms with E-state index in [1.165, 1.54) is 0 Å². The molecule has 0 spiro atoms. The highest BCUT2D eigenvalue weighted by molar-refractivity contribution is 5.95. The van der Waals surface area contributed by atoms with Gasteiger partial charge in [0.15, 0.2) is 6.73 Å². The van der Waals surface area contributed by atoms with Crippen LogP contribution in [-0.4, -0.2) is 30.8 Å². The SMILES string of the molecule is C#CCNNCOc1ccc2nc(C)c(C(=O)OCC)cc2c1. The van der Waals surface area contributed by atoms with E-state index >= 15 is 0 Å². The van der Waals surface area contributed by atoms with Crippen molar-refractivity contribution in [1.29, 1.82) is 0 Å². The van der Waals surface area contributed by atoms with E-state index in [0.29, 0.717) is 30.2 Å². The Hall–Kier alpha value is -2.62. The highest BCUT2D eigenvalue weighted by atomic mass is 16.5. The molecule has 0 saturated carbocycles. The summed E-state index contributed by atoms with van der Waals surface area (Å²) in [4.78, 5) is 16.4. The number of nitrogens with zero attached hydrogens (tertiary/aromatic N) is 1. The van der Waals surface area contributed by atoms with E-state index in [-0.39, 0.29) is 12.7 Å². The third-order valence-corrected chi connectivity index (χ3v) is 3.10. The van der Waals surface area contributed by atoms with Gasteiger partial charge in [0.25, 0.3) is 0 Å². The first kappa shape index (κ1) is 16.7. The molecule has 6 nitrogen and oxygen atoms in total. The van der Waals surface area contributed by atoms with Crippen LogP contribution in [0.15, 0.2) is 24.3 Å². The average molecular weight is 313 g/mol. The van der Waals surface area contributed by atoms with Gasteiger partial charge in [-0.3, -0.25) is 4.98 Å². The van der Waals surface area contributed by atoms with Crippen molar-refractivity contribution in [2.45, 2.75) is 13.8 Å². The Labute approximate surface area is 135 Å². The van der Waals surface area contributed by atoms with Gasteiger partial charge in [-0.05, 0) is 38.1 Å². The van der Waals surface area contributed by atoms with Gasteiger partial charge in [-0.15, -0.1) is 6.42 Å². The van der Waals surface area contributed by atoms with Gasteiger partial charge in [0.2, 0.25) is 0 Å². The molecule has 0 fully saturated rings. The van der Waals surface area contributed by atoms with E-state index in [2.05, 4.69) is 21.8 Å². The molecule has 0 aliphatic rings. The molecule has 0 unspecified atom stereocenters. The highest BCUT2D eigenvalue weighted by Gasteiger charge is 2.12. The van der Waals surface area contributed by atoms with E-state index < -0.39 is 0 Å². The number of benzene rings is 1.